The van der Waals surface area contributed by atoms with Crippen LogP contribution in [0.25, 0.3) is 0 Å². The van der Waals surface area contributed by atoms with Crippen LogP contribution in [-0.2, 0) is 14.9 Å². The summed E-state index contributed by atoms with van der Waals surface area (Å²) in [4.78, 5) is 13.5. The Balaban J connectivity index is 1.87. The first-order valence-electron chi connectivity index (χ1n) is 10.1. The summed E-state index contributed by atoms with van der Waals surface area (Å²) in [6, 6.07) is 15.5. The second-order valence-corrected chi connectivity index (χ2v) is 8.04. The van der Waals surface area contributed by atoms with E-state index in [0.717, 1.165) is 11.1 Å². The molecule has 152 valence electrons. The Morgan fingerprint density at radius 1 is 1.24 bits per heavy atom. The largest absolute Gasteiger partial charge is 0.493 e. The molecule has 1 aliphatic heterocycles. The Morgan fingerprint density at radius 3 is 2.66 bits per heavy atom. The van der Waals surface area contributed by atoms with Crippen molar-refractivity contribution >= 4 is 11.6 Å². The van der Waals surface area contributed by atoms with Gasteiger partial charge in [-0.1, -0.05) is 43.7 Å². The van der Waals surface area contributed by atoms with Crippen molar-refractivity contribution in [1.29, 1.82) is 5.26 Å². The first-order chi connectivity index (χ1) is 13.9. The van der Waals surface area contributed by atoms with E-state index in [2.05, 4.69) is 31.3 Å². The fourth-order valence-corrected chi connectivity index (χ4v) is 3.63. The average molecular weight is 392 g/mol. The van der Waals surface area contributed by atoms with Gasteiger partial charge < -0.3 is 14.8 Å². The zero-order valence-corrected chi connectivity index (χ0v) is 17.3. The summed E-state index contributed by atoms with van der Waals surface area (Å²) >= 11 is 0. The van der Waals surface area contributed by atoms with Crippen molar-refractivity contribution in [2.24, 2.45) is 5.92 Å². The molecule has 1 fully saturated rings. The molecule has 0 aromatic heterocycles. The number of hydrogen-bond acceptors (Lipinski definition) is 4. The Hall–Kier alpha value is -2.84. The lowest BCUT2D eigenvalue weighted by molar-refractivity contribution is -0.125. The summed E-state index contributed by atoms with van der Waals surface area (Å²) in [5.74, 6) is 0.925. The molecule has 3 rings (SSSR count). The second-order valence-electron chi connectivity index (χ2n) is 8.04. The number of nitrogens with zero attached hydrogens (tertiary/aromatic N) is 1. The minimum absolute atomic E-state index is 0.0984. The molecule has 0 radical (unpaired) electrons. The molecule has 1 saturated heterocycles. The highest BCUT2D eigenvalue weighted by atomic mass is 16.5. The van der Waals surface area contributed by atoms with Crippen LogP contribution < -0.4 is 10.1 Å². The first kappa shape index (κ1) is 20.9. The minimum Gasteiger partial charge on any atom is -0.493 e. The molecule has 5 nitrogen and oxygen atoms in total. The van der Waals surface area contributed by atoms with Crippen LogP contribution in [0.15, 0.2) is 42.5 Å². The fraction of sp³-hybridized carbons (Fsp3) is 0.417. The van der Waals surface area contributed by atoms with Gasteiger partial charge in [-0.05, 0) is 49.4 Å². The molecule has 1 amide bonds. The number of amides is 1. The van der Waals surface area contributed by atoms with E-state index in [4.69, 9.17) is 9.47 Å². The smallest absolute Gasteiger partial charge is 0.235 e. The van der Waals surface area contributed by atoms with Crippen molar-refractivity contribution in [2.45, 2.75) is 39.0 Å². The lowest BCUT2D eigenvalue weighted by Gasteiger charge is -2.36. The number of nitrogens with one attached hydrogen (secondary N) is 1. The van der Waals surface area contributed by atoms with E-state index in [9.17, 15) is 10.1 Å². The number of hydrogen-bond donors (Lipinski definition) is 1. The molecule has 1 aliphatic rings. The van der Waals surface area contributed by atoms with Gasteiger partial charge in [0.05, 0.1) is 23.3 Å². The number of rotatable bonds is 6. The maximum absolute atomic E-state index is 13.5. The topological polar surface area (TPSA) is 71.3 Å². The number of nitriles is 1. The van der Waals surface area contributed by atoms with Crippen molar-refractivity contribution in [3.63, 3.8) is 0 Å². The average Bonchev–Trinajstić information content (AvgIpc) is 2.73. The van der Waals surface area contributed by atoms with Crippen molar-refractivity contribution in [2.75, 3.05) is 25.1 Å². The molecule has 0 aliphatic carbocycles. The SMILES string of the molecule is Cc1cccc(C2(C(=O)Nc3ccc(OCC(C)C)cc3C#N)CCOCC2)c1. The van der Waals surface area contributed by atoms with Gasteiger partial charge in [-0.15, -0.1) is 0 Å². The highest BCUT2D eigenvalue weighted by molar-refractivity contribution is 6.00. The van der Waals surface area contributed by atoms with E-state index < -0.39 is 5.41 Å². The Bertz CT molecular complexity index is 909. The highest BCUT2D eigenvalue weighted by Crippen LogP contribution is 2.37. The third-order valence-electron chi connectivity index (χ3n) is 5.29. The summed E-state index contributed by atoms with van der Waals surface area (Å²) in [6.07, 6.45) is 1.22. The number of aryl methyl sites for hydroxylation is 1. The number of anilines is 1. The van der Waals surface area contributed by atoms with Crippen molar-refractivity contribution in [1.82, 2.24) is 0 Å². The van der Waals surface area contributed by atoms with Crippen LogP contribution in [0.5, 0.6) is 5.75 Å². The lowest BCUT2D eigenvalue weighted by atomic mass is 9.73. The summed E-state index contributed by atoms with van der Waals surface area (Å²) in [6.45, 7) is 7.81. The molecule has 1 heterocycles. The van der Waals surface area contributed by atoms with Gasteiger partial charge in [0.15, 0.2) is 0 Å². The zero-order chi connectivity index (χ0) is 20.9. The van der Waals surface area contributed by atoms with Gasteiger partial charge in [0.25, 0.3) is 0 Å². The number of benzene rings is 2. The predicted molar refractivity (Wildman–Crippen MR) is 113 cm³/mol. The lowest BCUT2D eigenvalue weighted by Crippen LogP contribution is -2.45. The van der Waals surface area contributed by atoms with Crippen LogP contribution in [0, 0.1) is 24.2 Å². The van der Waals surface area contributed by atoms with Gasteiger partial charge in [-0.3, -0.25) is 4.79 Å². The molecule has 0 spiro atoms. The fourth-order valence-electron chi connectivity index (χ4n) is 3.63. The number of carbonyl (C=O) groups excluding carboxylic acids is 1. The summed E-state index contributed by atoms with van der Waals surface area (Å²) in [5.41, 5.74) is 2.35. The zero-order valence-electron chi connectivity index (χ0n) is 17.3. The molecule has 2 aromatic rings. The third-order valence-corrected chi connectivity index (χ3v) is 5.29. The molecule has 1 N–H and O–H groups in total. The van der Waals surface area contributed by atoms with Gasteiger partial charge in [0.1, 0.15) is 11.8 Å². The van der Waals surface area contributed by atoms with E-state index in [1.165, 1.54) is 0 Å². The Kier molecular flexibility index (Phi) is 6.56. The summed E-state index contributed by atoms with van der Waals surface area (Å²) in [5, 5.41) is 12.6. The third kappa shape index (κ3) is 4.78. The van der Waals surface area contributed by atoms with Crippen molar-refractivity contribution in [3.8, 4) is 11.8 Å². The minimum atomic E-state index is -0.663. The molecule has 0 atom stereocenters. The maximum Gasteiger partial charge on any atom is 0.235 e. The molecular weight excluding hydrogens is 364 g/mol. The number of ether oxygens (including phenoxy) is 2. The van der Waals surface area contributed by atoms with E-state index in [0.29, 0.717) is 55.6 Å². The highest BCUT2D eigenvalue weighted by Gasteiger charge is 2.42. The summed E-state index contributed by atoms with van der Waals surface area (Å²) in [7, 11) is 0. The van der Waals surface area contributed by atoms with Crippen LogP contribution in [0.3, 0.4) is 0 Å². The monoisotopic (exact) mass is 392 g/mol. The second kappa shape index (κ2) is 9.11. The molecule has 2 aromatic carbocycles. The van der Waals surface area contributed by atoms with E-state index >= 15 is 0 Å². The first-order valence-corrected chi connectivity index (χ1v) is 10.1. The van der Waals surface area contributed by atoms with Crippen molar-refractivity contribution in [3.05, 3.63) is 59.2 Å². The molecule has 0 saturated carbocycles. The van der Waals surface area contributed by atoms with Gasteiger partial charge in [-0.2, -0.15) is 5.26 Å². The van der Waals surface area contributed by atoms with Crippen LogP contribution >= 0.6 is 0 Å². The molecule has 29 heavy (non-hydrogen) atoms. The molecule has 0 unspecified atom stereocenters. The van der Waals surface area contributed by atoms with Gasteiger partial charge in [-0.25, -0.2) is 0 Å². The van der Waals surface area contributed by atoms with Crippen molar-refractivity contribution < 1.29 is 14.3 Å². The van der Waals surface area contributed by atoms with Crippen LogP contribution in [0.1, 0.15) is 43.4 Å². The van der Waals surface area contributed by atoms with Crippen LogP contribution in [0.4, 0.5) is 5.69 Å². The normalized spacial score (nSPS) is 15.6. The van der Waals surface area contributed by atoms with Gasteiger partial charge in [0, 0.05) is 13.2 Å². The van der Waals surface area contributed by atoms with E-state index in [1.54, 1.807) is 18.2 Å². The maximum atomic E-state index is 13.5. The summed E-state index contributed by atoms with van der Waals surface area (Å²) < 4.78 is 11.2. The standard InChI is InChI=1S/C24H28N2O3/c1-17(2)16-29-21-7-8-22(19(14-21)15-25)26-23(27)24(9-11-28-12-10-24)20-6-4-5-18(3)13-20/h4-8,13-14,17H,9-12,16H2,1-3H3,(H,26,27). The van der Waals surface area contributed by atoms with Gasteiger partial charge >= 0.3 is 0 Å². The van der Waals surface area contributed by atoms with E-state index in [-0.39, 0.29) is 5.91 Å². The van der Waals surface area contributed by atoms with E-state index in [1.807, 2.05) is 25.1 Å². The van der Waals surface area contributed by atoms with Crippen LogP contribution in [0.2, 0.25) is 0 Å². The van der Waals surface area contributed by atoms with Gasteiger partial charge in [0.2, 0.25) is 5.91 Å². The molecule has 5 heteroatoms. The Labute approximate surface area is 172 Å². The number of carbonyl (C=O) groups is 1. The van der Waals surface area contributed by atoms with Crippen LogP contribution in [-0.4, -0.2) is 25.7 Å². The predicted octanol–water partition coefficient (Wildman–Crippen LogP) is 4.59. The molecule has 0 bridgehead atoms. The quantitative estimate of drug-likeness (QED) is 0.781. The molecular formula is C24H28N2O3. The Morgan fingerprint density at radius 2 is 2.00 bits per heavy atom.